The zero-order valence-corrected chi connectivity index (χ0v) is 22.6. The Labute approximate surface area is 226 Å². The Morgan fingerprint density at radius 2 is 0.794 bits per heavy atom. The molecular formula is C31H21I2N. The van der Waals surface area contributed by atoms with Crippen LogP contribution in [0.5, 0.6) is 0 Å². The zero-order chi connectivity index (χ0) is 23.1. The van der Waals surface area contributed by atoms with Crippen LogP contribution in [0.4, 0.5) is 0 Å². The Hall–Kier alpha value is -2.64. The Morgan fingerprint density at radius 3 is 1.15 bits per heavy atom. The Morgan fingerprint density at radius 1 is 0.441 bits per heavy atom. The first-order valence-corrected chi connectivity index (χ1v) is 13.4. The molecule has 0 atom stereocenters. The maximum atomic E-state index is 2.56. The van der Waals surface area contributed by atoms with Crippen molar-refractivity contribution >= 4 is 67.0 Å². The van der Waals surface area contributed by atoms with Gasteiger partial charge in [-0.15, -0.1) is 0 Å². The van der Waals surface area contributed by atoms with Crippen LogP contribution in [0.25, 0.3) is 21.8 Å². The summed E-state index contributed by atoms with van der Waals surface area (Å²) in [5.74, 6) is 0. The average Bonchev–Trinajstić information content (AvgIpc) is 3.20. The molecule has 0 saturated heterocycles. The van der Waals surface area contributed by atoms with E-state index in [0.29, 0.717) is 0 Å². The van der Waals surface area contributed by atoms with Gasteiger partial charge in [-0.25, -0.2) is 0 Å². The molecule has 3 heteroatoms. The van der Waals surface area contributed by atoms with Crippen molar-refractivity contribution in [1.82, 2.24) is 4.57 Å². The lowest BCUT2D eigenvalue weighted by molar-refractivity contribution is 0.549. The summed E-state index contributed by atoms with van der Waals surface area (Å²) in [6, 6.07) is 46.4. The zero-order valence-electron chi connectivity index (χ0n) is 18.3. The second-order valence-electron chi connectivity index (χ2n) is 8.47. The number of hydrogen-bond acceptors (Lipinski definition) is 0. The molecule has 164 valence electrons. The van der Waals surface area contributed by atoms with Crippen LogP contribution >= 0.6 is 45.2 Å². The number of aromatic nitrogens is 1. The van der Waals surface area contributed by atoms with Crippen molar-refractivity contribution in [1.29, 1.82) is 0 Å². The van der Waals surface area contributed by atoms with E-state index >= 15 is 0 Å². The molecular weight excluding hydrogens is 640 g/mol. The van der Waals surface area contributed by atoms with Gasteiger partial charge in [-0.3, -0.25) is 0 Å². The Bertz CT molecular complexity index is 1450. The molecule has 0 unspecified atom stereocenters. The van der Waals surface area contributed by atoms with Crippen LogP contribution in [0.2, 0.25) is 0 Å². The van der Waals surface area contributed by atoms with Crippen LogP contribution in [0, 0.1) is 7.14 Å². The monoisotopic (exact) mass is 661 g/mol. The Balaban J connectivity index is 1.90. The number of benzene rings is 5. The molecule has 1 heterocycles. The number of hydrogen-bond donors (Lipinski definition) is 0. The van der Waals surface area contributed by atoms with Crippen LogP contribution in [0.1, 0.15) is 16.7 Å². The van der Waals surface area contributed by atoms with Crippen molar-refractivity contribution in [2.75, 3.05) is 0 Å². The van der Waals surface area contributed by atoms with E-state index in [9.17, 15) is 0 Å². The molecule has 0 aliphatic rings. The van der Waals surface area contributed by atoms with Crippen molar-refractivity contribution < 1.29 is 0 Å². The van der Waals surface area contributed by atoms with Gasteiger partial charge in [0.25, 0.3) is 0 Å². The minimum Gasteiger partial charge on any atom is -0.322 e. The van der Waals surface area contributed by atoms with Crippen molar-refractivity contribution in [3.8, 4) is 0 Å². The van der Waals surface area contributed by atoms with Gasteiger partial charge in [0.1, 0.15) is 5.54 Å². The highest BCUT2D eigenvalue weighted by Gasteiger charge is 2.40. The fraction of sp³-hybridized carbons (Fsp3) is 0.0323. The van der Waals surface area contributed by atoms with Crippen molar-refractivity contribution in [3.05, 3.63) is 151 Å². The number of nitrogens with zero attached hydrogens (tertiary/aromatic N) is 1. The second kappa shape index (κ2) is 8.86. The van der Waals surface area contributed by atoms with E-state index in [2.05, 4.69) is 177 Å². The molecule has 34 heavy (non-hydrogen) atoms. The highest BCUT2D eigenvalue weighted by molar-refractivity contribution is 14.1. The molecule has 1 nitrogen and oxygen atoms in total. The summed E-state index contributed by atoms with van der Waals surface area (Å²) in [6.45, 7) is 0. The second-order valence-corrected chi connectivity index (χ2v) is 11.0. The lowest BCUT2D eigenvalue weighted by Crippen LogP contribution is -2.37. The molecule has 0 spiro atoms. The van der Waals surface area contributed by atoms with Gasteiger partial charge < -0.3 is 4.57 Å². The lowest BCUT2D eigenvalue weighted by Gasteiger charge is -2.39. The van der Waals surface area contributed by atoms with Crippen molar-refractivity contribution in [2.24, 2.45) is 0 Å². The minimum absolute atomic E-state index is 0.538. The smallest absolute Gasteiger partial charge is 0.121 e. The van der Waals surface area contributed by atoms with E-state index in [0.717, 1.165) is 0 Å². The molecule has 0 N–H and O–H groups in total. The topological polar surface area (TPSA) is 4.93 Å². The standard InChI is InChI=1S/C31H21I2N/c32-25-16-18-29-27(20-25)28-21-26(33)17-19-30(28)34(29)31(22-10-4-1-5-11-22,23-12-6-2-7-13-23)24-14-8-3-9-15-24/h1-21H. The van der Waals surface area contributed by atoms with E-state index in [1.807, 2.05) is 0 Å². The average molecular weight is 661 g/mol. The summed E-state index contributed by atoms with van der Waals surface area (Å²) >= 11 is 4.85. The van der Waals surface area contributed by atoms with Gasteiger partial charge in [-0.1, -0.05) is 91.0 Å². The highest BCUT2D eigenvalue weighted by atomic mass is 127. The molecule has 0 amide bonds. The maximum Gasteiger partial charge on any atom is 0.121 e. The quantitative estimate of drug-likeness (QED) is 0.132. The molecule has 6 rings (SSSR count). The molecule has 1 aromatic heterocycles. The van der Waals surface area contributed by atoms with Gasteiger partial charge in [-0.2, -0.15) is 0 Å². The molecule has 0 saturated carbocycles. The summed E-state index contributed by atoms with van der Waals surface area (Å²) < 4.78 is 5.05. The number of halogens is 2. The van der Waals surface area contributed by atoms with Crippen molar-refractivity contribution in [2.45, 2.75) is 5.54 Å². The van der Waals surface area contributed by atoms with Gasteiger partial charge in [0.05, 0.1) is 11.0 Å². The van der Waals surface area contributed by atoms with Crippen LogP contribution in [0.15, 0.2) is 127 Å². The summed E-state index contributed by atoms with van der Waals surface area (Å²) in [6.07, 6.45) is 0. The molecule has 0 fully saturated rings. The minimum atomic E-state index is -0.538. The van der Waals surface area contributed by atoms with Crippen LogP contribution in [0.3, 0.4) is 0 Å². The van der Waals surface area contributed by atoms with Crippen LogP contribution in [-0.2, 0) is 5.54 Å². The maximum absolute atomic E-state index is 2.56. The molecule has 6 aromatic rings. The summed E-state index contributed by atoms with van der Waals surface area (Å²) in [5, 5.41) is 2.57. The number of fused-ring (bicyclic) bond motifs is 3. The first-order valence-electron chi connectivity index (χ1n) is 11.3. The van der Waals surface area contributed by atoms with Gasteiger partial charge in [0.15, 0.2) is 0 Å². The van der Waals surface area contributed by atoms with Gasteiger partial charge in [0, 0.05) is 17.9 Å². The predicted molar refractivity (Wildman–Crippen MR) is 159 cm³/mol. The highest BCUT2D eigenvalue weighted by Crippen LogP contribution is 2.46. The van der Waals surface area contributed by atoms with E-state index in [1.165, 1.54) is 45.6 Å². The van der Waals surface area contributed by atoms with E-state index in [-0.39, 0.29) is 0 Å². The summed E-state index contributed by atoms with van der Waals surface area (Å²) in [5.41, 5.74) is 5.64. The fourth-order valence-electron chi connectivity index (χ4n) is 5.25. The van der Waals surface area contributed by atoms with E-state index in [4.69, 9.17) is 0 Å². The molecule has 0 bridgehead atoms. The fourth-order valence-corrected chi connectivity index (χ4v) is 6.24. The third kappa shape index (κ3) is 3.40. The van der Waals surface area contributed by atoms with Gasteiger partial charge in [-0.05, 0) is 98.3 Å². The van der Waals surface area contributed by atoms with Gasteiger partial charge in [0.2, 0.25) is 0 Å². The normalized spacial score (nSPS) is 11.8. The third-order valence-electron chi connectivity index (χ3n) is 6.60. The third-order valence-corrected chi connectivity index (χ3v) is 7.94. The molecule has 5 aromatic carbocycles. The molecule has 0 aliphatic carbocycles. The molecule has 0 aliphatic heterocycles. The largest absolute Gasteiger partial charge is 0.322 e. The lowest BCUT2D eigenvalue weighted by atomic mass is 9.76. The van der Waals surface area contributed by atoms with Gasteiger partial charge >= 0.3 is 0 Å². The predicted octanol–water partition coefficient (Wildman–Crippen LogP) is 8.84. The number of rotatable bonds is 4. The first kappa shape index (κ1) is 21.9. The van der Waals surface area contributed by atoms with E-state index in [1.54, 1.807) is 0 Å². The SMILES string of the molecule is Ic1ccc2c(c1)c1cc(I)ccc1n2C(c1ccccc1)(c1ccccc1)c1ccccc1. The Kier molecular flexibility index (Phi) is 5.70. The summed E-state index contributed by atoms with van der Waals surface area (Å²) in [7, 11) is 0. The van der Waals surface area contributed by atoms with Crippen LogP contribution in [-0.4, -0.2) is 4.57 Å². The molecule has 0 radical (unpaired) electrons. The first-order chi connectivity index (χ1) is 16.7. The van der Waals surface area contributed by atoms with Crippen molar-refractivity contribution in [3.63, 3.8) is 0 Å². The van der Waals surface area contributed by atoms with E-state index < -0.39 is 5.54 Å². The van der Waals surface area contributed by atoms with Crippen LogP contribution < -0.4 is 0 Å². The summed E-state index contributed by atoms with van der Waals surface area (Å²) in [4.78, 5) is 0.